The van der Waals surface area contributed by atoms with Crippen LogP contribution in [0.1, 0.15) is 78.1 Å². The lowest BCUT2D eigenvalue weighted by molar-refractivity contribution is -0.148. The number of carbonyl (C=O) groups is 1. The Labute approximate surface area is 122 Å². The highest BCUT2D eigenvalue weighted by molar-refractivity contribution is 5.71. The molecule has 1 atom stereocenters. The Kier molecular flexibility index (Phi) is 13.3. The van der Waals surface area contributed by atoms with Gasteiger partial charge in [-0.2, -0.15) is 0 Å². The predicted molar refractivity (Wildman–Crippen MR) is 81.4 cm³/mol. The summed E-state index contributed by atoms with van der Waals surface area (Å²) in [5.74, 6) is -0.408. The Balaban J connectivity index is 3.88. The Morgan fingerprint density at radius 3 is 2.30 bits per heavy atom. The van der Waals surface area contributed by atoms with Crippen LogP contribution in [-0.2, 0) is 9.53 Å². The van der Waals surface area contributed by atoms with Crippen LogP contribution < -0.4 is 0 Å². The van der Waals surface area contributed by atoms with Crippen LogP contribution in [0.4, 0.5) is 0 Å². The molecule has 0 saturated heterocycles. The van der Waals surface area contributed by atoms with Crippen LogP contribution in [0.5, 0.6) is 0 Å². The first-order valence-corrected chi connectivity index (χ1v) is 7.94. The molecule has 0 aliphatic rings. The van der Waals surface area contributed by atoms with E-state index >= 15 is 0 Å². The molecule has 0 bridgehead atoms. The fourth-order valence-electron chi connectivity index (χ4n) is 2.16. The molecule has 0 heterocycles. The summed E-state index contributed by atoms with van der Waals surface area (Å²) in [7, 11) is 0. The first kappa shape index (κ1) is 18.8. The van der Waals surface area contributed by atoms with Crippen molar-refractivity contribution in [3.8, 4) is 0 Å². The van der Waals surface area contributed by atoms with Crippen LogP contribution in [0.3, 0.4) is 0 Å². The molecule has 116 valence electrons. The largest absolute Gasteiger partial charge is 0.462 e. The lowest BCUT2D eigenvalue weighted by Gasteiger charge is -2.17. The van der Waals surface area contributed by atoms with Gasteiger partial charge in [-0.25, -0.2) is 0 Å². The summed E-state index contributed by atoms with van der Waals surface area (Å²) >= 11 is 0. The van der Waals surface area contributed by atoms with Crippen molar-refractivity contribution in [2.45, 2.75) is 84.2 Å². The van der Waals surface area contributed by atoms with Gasteiger partial charge in [-0.1, -0.05) is 63.9 Å². The molecule has 0 rings (SSSR count). The third-order valence-corrected chi connectivity index (χ3v) is 3.32. The molecular weight excluding hydrogens is 254 g/mol. The van der Waals surface area contributed by atoms with E-state index in [2.05, 4.69) is 23.9 Å². The van der Waals surface area contributed by atoms with Gasteiger partial charge < -0.3 is 4.74 Å². The zero-order valence-electron chi connectivity index (χ0n) is 13.0. The molecule has 0 aliphatic carbocycles. The third kappa shape index (κ3) is 11.8. The monoisotopic (exact) mass is 283 g/mol. The van der Waals surface area contributed by atoms with Crippen molar-refractivity contribution in [1.82, 2.24) is 0 Å². The summed E-state index contributed by atoms with van der Waals surface area (Å²) in [4.78, 5) is 14.0. The summed E-state index contributed by atoms with van der Waals surface area (Å²) in [5, 5.41) is 3.24. The van der Waals surface area contributed by atoms with Crippen molar-refractivity contribution in [1.29, 1.82) is 0 Å². The number of rotatable bonds is 13. The molecule has 20 heavy (non-hydrogen) atoms. The summed E-state index contributed by atoms with van der Waals surface area (Å²) in [6, 6.07) is 0. The minimum absolute atomic E-state index is 0.0116. The summed E-state index contributed by atoms with van der Waals surface area (Å²) in [6.45, 7) is 4.14. The molecule has 0 fully saturated rings. The summed E-state index contributed by atoms with van der Waals surface area (Å²) in [6.07, 6.45) is 11.4. The molecule has 0 radical (unpaired) electrons. The number of esters is 1. The lowest BCUT2D eigenvalue weighted by atomic mass is 10.0. The second kappa shape index (κ2) is 14.2. The SMILES string of the molecule is CCCCCCCCC(CCCC)OC(=O)CN=[N+]=[N-]. The smallest absolute Gasteiger partial charge is 0.311 e. The van der Waals surface area contributed by atoms with Crippen LogP contribution in [0.2, 0.25) is 0 Å². The molecular formula is C15H29N3O2. The lowest BCUT2D eigenvalue weighted by Crippen LogP contribution is -2.20. The van der Waals surface area contributed by atoms with Gasteiger partial charge in [-0.05, 0) is 24.8 Å². The maximum Gasteiger partial charge on any atom is 0.311 e. The van der Waals surface area contributed by atoms with Gasteiger partial charge in [-0.3, -0.25) is 4.79 Å². The molecule has 0 saturated carbocycles. The molecule has 1 unspecified atom stereocenters. The molecule has 0 N–H and O–H groups in total. The minimum atomic E-state index is -0.408. The van der Waals surface area contributed by atoms with Gasteiger partial charge in [0.1, 0.15) is 12.6 Å². The molecule has 0 aliphatic heterocycles. The normalized spacial score (nSPS) is 11.7. The number of ether oxygens (including phenoxy) is 1. The van der Waals surface area contributed by atoms with Gasteiger partial charge in [0.05, 0.1) is 0 Å². The standard InChI is InChI=1S/C15H29N3O2/c1-3-5-7-8-9-10-12-14(11-6-4-2)20-15(19)13-17-18-16/h14H,3-13H2,1-2H3. The summed E-state index contributed by atoms with van der Waals surface area (Å²) in [5.41, 5.74) is 8.19. The number of azide groups is 1. The van der Waals surface area contributed by atoms with Gasteiger partial charge in [0, 0.05) is 4.91 Å². The van der Waals surface area contributed by atoms with Gasteiger partial charge >= 0.3 is 5.97 Å². The molecule has 0 spiro atoms. The van der Waals surface area contributed by atoms with E-state index in [-0.39, 0.29) is 12.6 Å². The van der Waals surface area contributed by atoms with E-state index in [9.17, 15) is 4.79 Å². The Bertz CT molecular complexity index is 289. The molecule has 0 aromatic carbocycles. The second-order valence-corrected chi connectivity index (χ2v) is 5.20. The topological polar surface area (TPSA) is 75.1 Å². The van der Waals surface area contributed by atoms with Gasteiger partial charge in [0.25, 0.3) is 0 Å². The van der Waals surface area contributed by atoms with Crippen molar-refractivity contribution < 1.29 is 9.53 Å². The van der Waals surface area contributed by atoms with Crippen LogP contribution in [0, 0.1) is 0 Å². The van der Waals surface area contributed by atoms with Crippen LogP contribution >= 0.6 is 0 Å². The van der Waals surface area contributed by atoms with E-state index in [1.807, 2.05) is 0 Å². The first-order chi connectivity index (χ1) is 9.74. The molecule has 0 aromatic rings. The van der Waals surface area contributed by atoms with Crippen molar-refractivity contribution in [3.63, 3.8) is 0 Å². The van der Waals surface area contributed by atoms with E-state index < -0.39 is 5.97 Å². The Morgan fingerprint density at radius 1 is 1.05 bits per heavy atom. The van der Waals surface area contributed by atoms with E-state index in [0.717, 1.165) is 32.1 Å². The van der Waals surface area contributed by atoms with Gasteiger partial charge in [0.2, 0.25) is 0 Å². The van der Waals surface area contributed by atoms with Crippen molar-refractivity contribution >= 4 is 5.97 Å². The molecule has 0 amide bonds. The second-order valence-electron chi connectivity index (χ2n) is 5.20. The predicted octanol–water partition coefficient (Wildman–Crippen LogP) is 5.15. The number of unbranched alkanes of at least 4 members (excludes halogenated alkanes) is 6. The summed E-state index contributed by atoms with van der Waals surface area (Å²) < 4.78 is 5.38. The minimum Gasteiger partial charge on any atom is -0.462 e. The third-order valence-electron chi connectivity index (χ3n) is 3.32. The molecule has 5 nitrogen and oxygen atoms in total. The average molecular weight is 283 g/mol. The van der Waals surface area contributed by atoms with E-state index in [1.54, 1.807) is 0 Å². The van der Waals surface area contributed by atoms with Crippen LogP contribution in [-0.4, -0.2) is 18.6 Å². The van der Waals surface area contributed by atoms with E-state index in [4.69, 9.17) is 10.3 Å². The maximum atomic E-state index is 11.5. The van der Waals surface area contributed by atoms with Crippen molar-refractivity contribution in [2.75, 3.05) is 6.54 Å². The first-order valence-electron chi connectivity index (χ1n) is 7.94. The zero-order chi connectivity index (χ0) is 15.1. The fraction of sp³-hybridized carbons (Fsp3) is 0.933. The molecule has 0 aromatic heterocycles. The number of nitrogens with zero attached hydrogens (tertiary/aromatic N) is 3. The number of carbonyl (C=O) groups excluding carboxylic acids is 1. The van der Waals surface area contributed by atoms with Gasteiger partial charge in [0.15, 0.2) is 0 Å². The highest BCUT2D eigenvalue weighted by atomic mass is 16.5. The maximum absolute atomic E-state index is 11.5. The molecule has 5 heteroatoms. The van der Waals surface area contributed by atoms with Crippen LogP contribution in [0.25, 0.3) is 10.4 Å². The zero-order valence-corrected chi connectivity index (χ0v) is 13.0. The van der Waals surface area contributed by atoms with Crippen LogP contribution in [0.15, 0.2) is 5.11 Å². The van der Waals surface area contributed by atoms with Gasteiger partial charge in [-0.15, -0.1) is 0 Å². The Morgan fingerprint density at radius 2 is 1.65 bits per heavy atom. The number of hydrogen-bond acceptors (Lipinski definition) is 3. The average Bonchev–Trinajstić information content (AvgIpc) is 2.45. The van der Waals surface area contributed by atoms with Crippen molar-refractivity contribution in [2.24, 2.45) is 5.11 Å². The quantitative estimate of drug-likeness (QED) is 0.154. The highest BCUT2D eigenvalue weighted by Gasteiger charge is 2.13. The highest BCUT2D eigenvalue weighted by Crippen LogP contribution is 2.15. The van der Waals surface area contributed by atoms with E-state index in [0.29, 0.717) is 0 Å². The fourth-order valence-corrected chi connectivity index (χ4v) is 2.16. The Hall–Kier alpha value is -1.22. The number of hydrogen-bond donors (Lipinski definition) is 0. The van der Waals surface area contributed by atoms with Crippen molar-refractivity contribution in [3.05, 3.63) is 10.4 Å². The van der Waals surface area contributed by atoms with E-state index in [1.165, 1.54) is 32.1 Å².